The van der Waals surface area contributed by atoms with Crippen molar-refractivity contribution in [3.05, 3.63) is 29.0 Å². The van der Waals surface area contributed by atoms with Crippen LogP contribution in [0.2, 0.25) is 0 Å². The maximum absolute atomic E-state index is 13.8. The molecule has 0 bridgehead atoms. The highest BCUT2D eigenvalue weighted by molar-refractivity contribution is 5.81. The van der Waals surface area contributed by atoms with Gasteiger partial charge in [0.2, 0.25) is 0 Å². The van der Waals surface area contributed by atoms with E-state index in [1.54, 1.807) is 0 Å². The lowest BCUT2D eigenvalue weighted by atomic mass is 9.92. The summed E-state index contributed by atoms with van der Waals surface area (Å²) in [5.74, 6) is -0.253. The number of benzene rings is 1. The van der Waals surface area contributed by atoms with Gasteiger partial charge in [0.25, 0.3) is 0 Å². The van der Waals surface area contributed by atoms with Crippen LogP contribution in [0.5, 0.6) is 11.5 Å². The van der Waals surface area contributed by atoms with E-state index in [0.29, 0.717) is 0 Å². The maximum atomic E-state index is 13.8. The Bertz CT molecular complexity index is 832. The Kier molecular flexibility index (Phi) is 5.81. The summed E-state index contributed by atoms with van der Waals surface area (Å²) in [6.45, 7) is 1.45. The smallest absolute Gasteiger partial charge is 0.410 e. The lowest BCUT2D eigenvalue weighted by molar-refractivity contribution is -0.0707. The molecule has 0 atom stereocenters. The van der Waals surface area contributed by atoms with Gasteiger partial charge in [0, 0.05) is 64.7 Å². The molecule has 1 aromatic carbocycles. The zero-order valence-corrected chi connectivity index (χ0v) is 16.5. The van der Waals surface area contributed by atoms with E-state index in [1.165, 1.54) is 53.1 Å². The second kappa shape index (κ2) is 7.61. The Morgan fingerprint density at radius 1 is 1.04 bits per heavy atom. The minimum absolute atomic E-state index is 0.0148. The largest absolute Gasteiger partial charge is 0.418 e. The first-order valence-corrected chi connectivity index (χ1v) is 8.27. The maximum Gasteiger partial charge on any atom is 0.418 e. The number of allylic oxidation sites excluding steroid dienone is 2. The highest BCUT2D eigenvalue weighted by atomic mass is 19.4. The molecule has 0 fully saturated rings. The number of amides is 2. The van der Waals surface area contributed by atoms with Crippen LogP contribution >= 0.6 is 0 Å². The van der Waals surface area contributed by atoms with Crippen molar-refractivity contribution in [3.63, 3.8) is 0 Å². The van der Waals surface area contributed by atoms with Crippen LogP contribution in [0, 0.1) is 0 Å². The van der Waals surface area contributed by atoms with Gasteiger partial charge >= 0.3 is 18.4 Å². The molecule has 7 nitrogen and oxygen atoms in total. The first-order chi connectivity index (χ1) is 12.8. The van der Waals surface area contributed by atoms with Crippen molar-refractivity contribution in [1.29, 1.82) is 0 Å². The van der Waals surface area contributed by atoms with Crippen molar-refractivity contribution in [2.45, 2.75) is 19.6 Å². The van der Waals surface area contributed by atoms with Gasteiger partial charge < -0.3 is 24.2 Å². The van der Waals surface area contributed by atoms with E-state index in [0.717, 1.165) is 15.9 Å². The number of halogens is 3. The Morgan fingerprint density at radius 2 is 1.57 bits per heavy atom. The second-order valence-corrected chi connectivity index (χ2v) is 6.79. The highest BCUT2D eigenvalue weighted by Gasteiger charge is 2.41. The molecule has 1 aliphatic heterocycles. The van der Waals surface area contributed by atoms with Crippen LogP contribution in [-0.4, -0.2) is 68.3 Å². The van der Waals surface area contributed by atoms with E-state index < -0.39 is 23.9 Å². The zero-order chi connectivity index (χ0) is 21.4. The number of ether oxygens (including phenoxy) is 2. The summed E-state index contributed by atoms with van der Waals surface area (Å²) < 4.78 is 51.7. The molecule has 1 aliphatic rings. The van der Waals surface area contributed by atoms with Crippen molar-refractivity contribution in [2.24, 2.45) is 0 Å². The van der Waals surface area contributed by atoms with Crippen molar-refractivity contribution in [1.82, 2.24) is 14.7 Å². The molecular weight excluding hydrogens is 379 g/mol. The summed E-state index contributed by atoms with van der Waals surface area (Å²) in [5.41, 5.74) is -0.865. The Labute approximate surface area is 160 Å². The van der Waals surface area contributed by atoms with E-state index >= 15 is 0 Å². The number of carbonyl (C=O) groups excluding carboxylic acids is 2. The standard InChI is InChI=1S/C18H22F3N3O4/c1-10-15(18(19,20)21)12-7-11(27-16(25)22(2)3)8-14(13(12)9-24(10)6)28-17(26)23(4)5/h7-8H,9H2,1-6H3. The van der Waals surface area contributed by atoms with Gasteiger partial charge in [-0.15, -0.1) is 0 Å². The quantitative estimate of drug-likeness (QED) is 0.759. The van der Waals surface area contributed by atoms with Gasteiger partial charge in [-0.1, -0.05) is 0 Å². The molecule has 10 heteroatoms. The van der Waals surface area contributed by atoms with Crippen LogP contribution in [0.15, 0.2) is 17.8 Å². The van der Waals surface area contributed by atoms with Crippen molar-refractivity contribution in [3.8, 4) is 11.5 Å². The summed E-state index contributed by atoms with van der Waals surface area (Å²) in [6.07, 6.45) is -6.19. The lowest BCUT2D eigenvalue weighted by Gasteiger charge is -2.32. The minimum atomic E-state index is -4.65. The summed E-state index contributed by atoms with van der Waals surface area (Å²) in [6, 6.07) is 2.38. The first kappa shape index (κ1) is 21.4. The van der Waals surface area contributed by atoms with Crippen LogP contribution in [0.4, 0.5) is 22.8 Å². The monoisotopic (exact) mass is 401 g/mol. The molecule has 154 valence electrons. The summed E-state index contributed by atoms with van der Waals surface area (Å²) in [4.78, 5) is 27.6. The summed E-state index contributed by atoms with van der Waals surface area (Å²) >= 11 is 0. The van der Waals surface area contributed by atoms with Gasteiger partial charge in [-0.2, -0.15) is 13.2 Å². The van der Waals surface area contributed by atoms with E-state index in [1.807, 2.05) is 0 Å². The molecule has 2 rings (SSSR count). The molecule has 0 radical (unpaired) electrons. The van der Waals surface area contributed by atoms with Gasteiger partial charge in [0.15, 0.2) is 0 Å². The number of carbonyl (C=O) groups is 2. The topological polar surface area (TPSA) is 62.3 Å². The molecule has 2 amide bonds. The summed E-state index contributed by atoms with van der Waals surface area (Å²) in [5, 5.41) is 0. The van der Waals surface area contributed by atoms with Crippen LogP contribution in [0.25, 0.3) is 5.57 Å². The van der Waals surface area contributed by atoms with E-state index in [4.69, 9.17) is 9.47 Å². The third-order valence-corrected chi connectivity index (χ3v) is 4.20. The van der Waals surface area contributed by atoms with Gasteiger partial charge in [-0.05, 0) is 13.0 Å². The van der Waals surface area contributed by atoms with Crippen LogP contribution in [0.1, 0.15) is 18.1 Å². The second-order valence-electron chi connectivity index (χ2n) is 6.79. The fraction of sp³-hybridized carbons (Fsp3) is 0.444. The predicted molar refractivity (Wildman–Crippen MR) is 96.0 cm³/mol. The molecule has 1 aromatic rings. The zero-order valence-electron chi connectivity index (χ0n) is 16.5. The molecule has 0 saturated carbocycles. The average molecular weight is 401 g/mol. The van der Waals surface area contributed by atoms with Crippen LogP contribution < -0.4 is 9.47 Å². The molecule has 1 heterocycles. The van der Waals surface area contributed by atoms with Gasteiger partial charge in [0.1, 0.15) is 11.5 Å². The normalized spacial score (nSPS) is 13.8. The molecule has 28 heavy (non-hydrogen) atoms. The number of alkyl halides is 3. The van der Waals surface area contributed by atoms with Crippen molar-refractivity contribution in [2.75, 3.05) is 35.2 Å². The van der Waals surface area contributed by atoms with Gasteiger partial charge in [0.05, 0.1) is 5.57 Å². The SMILES string of the molecule is CC1=C(C(F)(F)F)c2cc(OC(=O)N(C)C)cc(OC(=O)N(C)C)c2CN1C. The third kappa shape index (κ3) is 4.32. The highest BCUT2D eigenvalue weighted by Crippen LogP contribution is 2.46. The number of fused-ring (bicyclic) bond motifs is 1. The number of rotatable bonds is 2. The number of hydrogen-bond acceptors (Lipinski definition) is 5. The Hall–Kier alpha value is -2.91. The minimum Gasteiger partial charge on any atom is -0.410 e. The number of hydrogen-bond donors (Lipinski definition) is 0. The number of nitrogens with zero attached hydrogens (tertiary/aromatic N) is 3. The van der Waals surface area contributed by atoms with Gasteiger partial charge in [-0.3, -0.25) is 0 Å². The van der Waals surface area contributed by atoms with Crippen molar-refractivity contribution < 1.29 is 32.2 Å². The fourth-order valence-electron chi connectivity index (χ4n) is 2.63. The predicted octanol–water partition coefficient (Wildman–Crippen LogP) is 3.55. The van der Waals surface area contributed by atoms with Crippen molar-refractivity contribution >= 4 is 17.8 Å². The lowest BCUT2D eigenvalue weighted by Crippen LogP contribution is -2.30. The van der Waals surface area contributed by atoms with E-state index in [2.05, 4.69) is 0 Å². The first-order valence-electron chi connectivity index (χ1n) is 8.27. The molecule has 0 aromatic heterocycles. The van der Waals surface area contributed by atoms with Crippen LogP contribution in [-0.2, 0) is 6.54 Å². The van der Waals surface area contributed by atoms with Gasteiger partial charge in [-0.25, -0.2) is 9.59 Å². The Balaban J connectivity index is 2.68. The van der Waals surface area contributed by atoms with Crippen LogP contribution in [0.3, 0.4) is 0 Å². The fourth-order valence-corrected chi connectivity index (χ4v) is 2.63. The summed E-state index contributed by atoms with van der Waals surface area (Å²) in [7, 11) is 7.29. The molecule has 0 saturated heterocycles. The Morgan fingerprint density at radius 3 is 2.07 bits per heavy atom. The third-order valence-electron chi connectivity index (χ3n) is 4.20. The molecule has 0 aliphatic carbocycles. The molecule has 0 spiro atoms. The molecular formula is C18H22F3N3O4. The molecule has 0 N–H and O–H groups in total. The molecule has 0 unspecified atom stereocenters. The average Bonchev–Trinajstić information content (AvgIpc) is 2.55. The van der Waals surface area contributed by atoms with E-state index in [9.17, 15) is 22.8 Å². The van der Waals surface area contributed by atoms with E-state index in [-0.39, 0.29) is 34.9 Å².